The quantitative estimate of drug-likeness (QED) is 0.699. The molecular formula is C11H12N2O3. The second-order valence-electron chi connectivity index (χ2n) is 3.74. The molecule has 3 N–H and O–H groups in total. The van der Waals surface area contributed by atoms with Crippen molar-refractivity contribution in [3.63, 3.8) is 0 Å². The van der Waals surface area contributed by atoms with Crippen LogP contribution < -0.4 is 10.6 Å². The molecule has 5 heteroatoms. The Labute approximate surface area is 92.5 Å². The minimum Gasteiger partial charge on any atom is -0.480 e. The fraction of sp³-hybridized carbons (Fsp3) is 0.273. The molecule has 0 spiro atoms. The molecular weight excluding hydrogens is 208 g/mol. The molecule has 0 aromatic heterocycles. The molecule has 84 valence electrons. The molecule has 1 aromatic rings. The molecule has 0 saturated heterocycles. The Morgan fingerprint density at radius 1 is 1.56 bits per heavy atom. The van der Waals surface area contributed by atoms with E-state index in [1.54, 1.807) is 0 Å². The number of para-hydroxylation sites is 1. The number of aryl methyl sites for hydroxylation is 1. The molecule has 1 aliphatic heterocycles. The second kappa shape index (κ2) is 3.94. The number of carboxylic acid groups (broad SMARTS) is 1. The van der Waals surface area contributed by atoms with Gasteiger partial charge in [0, 0.05) is 11.3 Å². The molecule has 1 aliphatic rings. The Balaban J connectivity index is 2.26. The first-order valence-electron chi connectivity index (χ1n) is 4.95. The Morgan fingerprint density at radius 3 is 3.00 bits per heavy atom. The molecule has 0 saturated carbocycles. The normalized spacial score (nSPS) is 18.1. The van der Waals surface area contributed by atoms with Crippen LogP contribution in [0.3, 0.4) is 0 Å². The van der Waals surface area contributed by atoms with Crippen molar-refractivity contribution >= 4 is 17.6 Å². The van der Waals surface area contributed by atoms with Crippen molar-refractivity contribution in [3.05, 3.63) is 29.3 Å². The maximum absolute atomic E-state index is 11.6. The number of carboxylic acids is 1. The number of hydrogen-bond acceptors (Lipinski definition) is 3. The lowest BCUT2D eigenvalue weighted by Gasteiger charge is -2.09. The third-order valence-electron chi connectivity index (χ3n) is 2.58. The lowest BCUT2D eigenvalue weighted by molar-refractivity contribution is -0.136. The number of nitrogens with one attached hydrogen (secondary N) is 2. The summed E-state index contributed by atoms with van der Waals surface area (Å²) in [5.41, 5.74) is 2.58. The van der Waals surface area contributed by atoms with E-state index in [4.69, 9.17) is 5.11 Å². The van der Waals surface area contributed by atoms with Crippen LogP contribution in [0.15, 0.2) is 18.2 Å². The van der Waals surface area contributed by atoms with Crippen molar-refractivity contribution in [1.29, 1.82) is 0 Å². The van der Waals surface area contributed by atoms with Crippen molar-refractivity contribution in [2.24, 2.45) is 0 Å². The average Bonchev–Trinajstić information content (AvgIpc) is 2.53. The van der Waals surface area contributed by atoms with Gasteiger partial charge in [0.1, 0.15) is 6.04 Å². The lowest BCUT2D eigenvalue weighted by atomic mass is 10.1. The molecule has 0 fully saturated rings. The van der Waals surface area contributed by atoms with Crippen molar-refractivity contribution in [2.45, 2.75) is 13.0 Å². The number of rotatable bonds is 3. The Kier molecular flexibility index (Phi) is 2.62. The summed E-state index contributed by atoms with van der Waals surface area (Å²) in [7, 11) is 0. The molecule has 1 aromatic carbocycles. The largest absolute Gasteiger partial charge is 0.480 e. The highest BCUT2D eigenvalue weighted by Gasteiger charge is 2.31. The highest BCUT2D eigenvalue weighted by atomic mass is 16.4. The summed E-state index contributed by atoms with van der Waals surface area (Å²) >= 11 is 0. The maximum Gasteiger partial charge on any atom is 0.317 e. The van der Waals surface area contributed by atoms with Gasteiger partial charge in [-0.25, -0.2) is 0 Å². The average molecular weight is 220 g/mol. The van der Waals surface area contributed by atoms with Gasteiger partial charge in [0.15, 0.2) is 0 Å². The minimum absolute atomic E-state index is 0.203. The monoisotopic (exact) mass is 220 g/mol. The van der Waals surface area contributed by atoms with E-state index < -0.39 is 12.0 Å². The van der Waals surface area contributed by atoms with Crippen molar-refractivity contribution in [1.82, 2.24) is 5.32 Å². The zero-order chi connectivity index (χ0) is 11.7. The molecule has 0 radical (unpaired) electrons. The summed E-state index contributed by atoms with van der Waals surface area (Å²) in [4.78, 5) is 22.1. The van der Waals surface area contributed by atoms with Crippen LogP contribution in [0.1, 0.15) is 17.2 Å². The van der Waals surface area contributed by atoms with E-state index in [1.807, 2.05) is 25.1 Å². The highest BCUT2D eigenvalue weighted by molar-refractivity contribution is 6.03. The smallest absolute Gasteiger partial charge is 0.317 e. The Bertz CT molecular complexity index is 457. The molecule has 0 bridgehead atoms. The number of aliphatic carboxylic acids is 1. The van der Waals surface area contributed by atoms with Crippen molar-refractivity contribution < 1.29 is 14.7 Å². The van der Waals surface area contributed by atoms with Crippen LogP contribution >= 0.6 is 0 Å². The number of fused-ring (bicyclic) bond motifs is 1. The highest BCUT2D eigenvalue weighted by Crippen LogP contribution is 2.32. The summed E-state index contributed by atoms with van der Waals surface area (Å²) in [6.07, 6.45) is 0. The number of carbonyl (C=O) groups is 2. The van der Waals surface area contributed by atoms with Crippen LogP contribution in [0.4, 0.5) is 5.69 Å². The molecule has 1 unspecified atom stereocenters. The Morgan fingerprint density at radius 2 is 2.31 bits per heavy atom. The van der Waals surface area contributed by atoms with Gasteiger partial charge in [-0.1, -0.05) is 18.2 Å². The van der Waals surface area contributed by atoms with E-state index in [9.17, 15) is 9.59 Å². The second-order valence-corrected chi connectivity index (χ2v) is 3.74. The Hall–Kier alpha value is -1.88. The fourth-order valence-corrected chi connectivity index (χ4v) is 1.83. The number of hydrogen-bond donors (Lipinski definition) is 3. The first kappa shape index (κ1) is 10.6. The number of anilines is 1. The van der Waals surface area contributed by atoms with Gasteiger partial charge in [-0.15, -0.1) is 0 Å². The minimum atomic E-state index is -0.978. The molecule has 2 rings (SSSR count). The number of benzene rings is 1. The maximum atomic E-state index is 11.6. The van der Waals surface area contributed by atoms with Gasteiger partial charge >= 0.3 is 5.97 Å². The molecule has 0 aliphatic carbocycles. The van der Waals surface area contributed by atoms with Crippen LogP contribution in [-0.4, -0.2) is 23.5 Å². The van der Waals surface area contributed by atoms with E-state index in [-0.39, 0.29) is 12.5 Å². The zero-order valence-electron chi connectivity index (χ0n) is 8.78. The van der Waals surface area contributed by atoms with Gasteiger partial charge in [-0.3, -0.25) is 14.9 Å². The van der Waals surface area contributed by atoms with Crippen LogP contribution in [-0.2, 0) is 9.59 Å². The lowest BCUT2D eigenvalue weighted by Crippen LogP contribution is -2.31. The summed E-state index contributed by atoms with van der Waals surface area (Å²) in [6, 6.07) is 5.01. The van der Waals surface area contributed by atoms with E-state index in [1.165, 1.54) is 0 Å². The molecule has 5 nitrogen and oxygen atoms in total. The topological polar surface area (TPSA) is 78.4 Å². The summed E-state index contributed by atoms with van der Waals surface area (Å²) in [6.45, 7) is 1.67. The molecule has 1 atom stereocenters. The van der Waals surface area contributed by atoms with Crippen LogP contribution in [0, 0.1) is 6.92 Å². The van der Waals surface area contributed by atoms with Gasteiger partial charge < -0.3 is 10.4 Å². The molecule has 16 heavy (non-hydrogen) atoms. The fourth-order valence-electron chi connectivity index (χ4n) is 1.83. The van der Waals surface area contributed by atoms with Gasteiger partial charge in [0.25, 0.3) is 0 Å². The number of amides is 1. The van der Waals surface area contributed by atoms with Crippen LogP contribution in [0.2, 0.25) is 0 Å². The first-order valence-corrected chi connectivity index (χ1v) is 4.95. The van der Waals surface area contributed by atoms with Gasteiger partial charge in [0.05, 0.1) is 6.54 Å². The van der Waals surface area contributed by atoms with Crippen LogP contribution in [0.25, 0.3) is 0 Å². The predicted octanol–water partition coefficient (Wildman–Crippen LogP) is 0.662. The SMILES string of the molecule is Cc1cccc2c1NC(=O)C2NCC(=O)O. The third-order valence-corrected chi connectivity index (χ3v) is 2.58. The van der Waals surface area contributed by atoms with Gasteiger partial charge in [-0.05, 0) is 12.5 Å². The predicted molar refractivity (Wildman–Crippen MR) is 58.2 cm³/mol. The first-order chi connectivity index (χ1) is 7.59. The van der Waals surface area contributed by atoms with Crippen molar-refractivity contribution in [3.8, 4) is 0 Å². The van der Waals surface area contributed by atoms with Gasteiger partial charge in [-0.2, -0.15) is 0 Å². The van der Waals surface area contributed by atoms with Gasteiger partial charge in [0.2, 0.25) is 5.91 Å². The number of carbonyl (C=O) groups excluding carboxylic acids is 1. The van der Waals surface area contributed by atoms with Crippen molar-refractivity contribution in [2.75, 3.05) is 11.9 Å². The zero-order valence-corrected chi connectivity index (χ0v) is 8.78. The molecule has 1 amide bonds. The summed E-state index contributed by atoms with van der Waals surface area (Å²) in [5.74, 6) is -1.18. The van der Waals surface area contributed by atoms with E-state index in [0.717, 1.165) is 16.8 Å². The van der Waals surface area contributed by atoms with Crippen LogP contribution in [0.5, 0.6) is 0 Å². The standard InChI is InChI=1S/C11H12N2O3/c1-6-3-2-4-7-9(6)13-11(16)10(7)12-5-8(14)15/h2-4,10,12H,5H2,1H3,(H,13,16)(H,14,15). The van der Waals surface area contributed by atoms with E-state index in [0.29, 0.717) is 0 Å². The van der Waals surface area contributed by atoms with E-state index in [2.05, 4.69) is 10.6 Å². The van der Waals surface area contributed by atoms with E-state index >= 15 is 0 Å². The third kappa shape index (κ3) is 1.77. The molecule has 1 heterocycles. The summed E-state index contributed by atoms with van der Waals surface area (Å²) in [5, 5.41) is 14.0. The summed E-state index contributed by atoms with van der Waals surface area (Å²) < 4.78 is 0.